The van der Waals surface area contributed by atoms with Crippen LogP contribution in [0.15, 0.2) is 21.7 Å². The van der Waals surface area contributed by atoms with Gasteiger partial charge in [0, 0.05) is 11.6 Å². The molecule has 0 unspecified atom stereocenters. The molecule has 8 nitrogen and oxygen atoms in total. The van der Waals surface area contributed by atoms with E-state index in [0.29, 0.717) is 11.5 Å². The molecular formula is C10H11BrN6O2. The lowest BCUT2D eigenvalue weighted by Gasteiger charge is -2.09. The lowest BCUT2D eigenvalue weighted by atomic mass is 10.2. The van der Waals surface area contributed by atoms with Crippen LogP contribution in [0, 0.1) is 0 Å². The lowest BCUT2D eigenvalue weighted by molar-refractivity contribution is 0.392. The molecule has 0 atom stereocenters. The molecule has 1 aromatic heterocycles. The van der Waals surface area contributed by atoms with E-state index in [-0.39, 0.29) is 5.95 Å². The number of nitrogen functional groups attached to an aromatic ring is 1. The zero-order chi connectivity index (χ0) is 13.8. The molecule has 0 bridgehead atoms. The quantitative estimate of drug-likeness (QED) is 0.838. The van der Waals surface area contributed by atoms with Crippen molar-refractivity contribution in [1.29, 1.82) is 0 Å². The molecule has 0 aliphatic heterocycles. The molecular weight excluding hydrogens is 316 g/mol. The van der Waals surface area contributed by atoms with Crippen LogP contribution in [-0.2, 0) is 0 Å². The first-order valence-corrected chi connectivity index (χ1v) is 5.94. The van der Waals surface area contributed by atoms with Crippen molar-refractivity contribution in [3.05, 3.63) is 22.2 Å². The summed E-state index contributed by atoms with van der Waals surface area (Å²) in [5.74, 6) is 1.37. The fraction of sp³-hybridized carbons (Fsp3) is 0.200. The molecule has 0 fully saturated rings. The summed E-state index contributed by atoms with van der Waals surface area (Å²) in [6.07, 6.45) is 1.54. The summed E-state index contributed by atoms with van der Waals surface area (Å²) in [5, 5.41) is 14.5. The SMILES string of the molecule is COc1cc(OC)c(C=Nn2nnnc2N)cc1Br. The number of halogens is 1. The number of ether oxygens (including phenoxy) is 2. The van der Waals surface area contributed by atoms with Crippen LogP contribution in [0.4, 0.5) is 5.95 Å². The van der Waals surface area contributed by atoms with E-state index in [2.05, 4.69) is 36.6 Å². The molecule has 100 valence electrons. The molecule has 19 heavy (non-hydrogen) atoms. The Labute approximate surface area is 117 Å². The van der Waals surface area contributed by atoms with E-state index in [1.807, 2.05) is 6.07 Å². The van der Waals surface area contributed by atoms with Crippen molar-refractivity contribution < 1.29 is 9.47 Å². The Morgan fingerprint density at radius 3 is 2.63 bits per heavy atom. The second kappa shape index (κ2) is 5.65. The van der Waals surface area contributed by atoms with Gasteiger partial charge in [-0.05, 0) is 32.4 Å². The van der Waals surface area contributed by atoms with E-state index in [1.165, 1.54) is 6.21 Å². The fourth-order valence-electron chi connectivity index (χ4n) is 1.37. The van der Waals surface area contributed by atoms with Gasteiger partial charge in [-0.25, -0.2) is 0 Å². The molecule has 1 heterocycles. The van der Waals surface area contributed by atoms with Gasteiger partial charge < -0.3 is 15.2 Å². The number of anilines is 1. The van der Waals surface area contributed by atoms with Gasteiger partial charge in [-0.15, -0.1) is 0 Å². The molecule has 2 aromatic rings. The van der Waals surface area contributed by atoms with Gasteiger partial charge in [-0.1, -0.05) is 9.89 Å². The minimum Gasteiger partial charge on any atom is -0.496 e. The second-order valence-electron chi connectivity index (χ2n) is 3.40. The van der Waals surface area contributed by atoms with E-state index in [1.54, 1.807) is 20.3 Å². The Morgan fingerprint density at radius 2 is 2.05 bits per heavy atom. The number of rotatable bonds is 4. The molecule has 1 aromatic carbocycles. The minimum absolute atomic E-state index is 0.0998. The smallest absolute Gasteiger partial charge is 0.263 e. The van der Waals surface area contributed by atoms with E-state index in [0.717, 1.165) is 14.8 Å². The minimum atomic E-state index is 0.0998. The molecule has 9 heteroatoms. The zero-order valence-electron chi connectivity index (χ0n) is 10.2. The van der Waals surface area contributed by atoms with Crippen LogP contribution < -0.4 is 15.2 Å². The van der Waals surface area contributed by atoms with Gasteiger partial charge in [0.05, 0.1) is 24.9 Å². The maximum atomic E-state index is 5.50. The number of nitrogens with zero attached hydrogens (tertiary/aromatic N) is 5. The molecule has 0 spiro atoms. The van der Waals surface area contributed by atoms with Crippen LogP contribution in [-0.4, -0.2) is 40.8 Å². The predicted molar refractivity (Wildman–Crippen MR) is 72.5 cm³/mol. The summed E-state index contributed by atoms with van der Waals surface area (Å²) in [5.41, 5.74) is 6.23. The first kappa shape index (κ1) is 13.3. The number of tetrazole rings is 1. The van der Waals surface area contributed by atoms with Crippen LogP contribution in [0.1, 0.15) is 5.56 Å². The number of benzene rings is 1. The highest BCUT2D eigenvalue weighted by molar-refractivity contribution is 9.10. The predicted octanol–water partition coefficient (Wildman–Crippen LogP) is 0.917. The van der Waals surface area contributed by atoms with Gasteiger partial charge in [-0.3, -0.25) is 0 Å². The summed E-state index contributed by atoms with van der Waals surface area (Å²) in [6.45, 7) is 0. The monoisotopic (exact) mass is 326 g/mol. The summed E-state index contributed by atoms with van der Waals surface area (Å²) in [4.78, 5) is 1.11. The number of nitrogens with two attached hydrogens (primary N) is 1. The Hall–Kier alpha value is -2.16. The van der Waals surface area contributed by atoms with Crippen LogP contribution in [0.2, 0.25) is 0 Å². The van der Waals surface area contributed by atoms with Crippen molar-refractivity contribution in [2.24, 2.45) is 5.10 Å². The molecule has 2 N–H and O–H groups in total. The zero-order valence-corrected chi connectivity index (χ0v) is 11.8. The standard InChI is InChI=1S/C10H11BrN6O2/c1-18-8-4-9(19-2)7(11)3-6(8)5-13-17-10(12)14-15-16-17/h3-5H,1-2H3,(H2,12,14,16). The van der Waals surface area contributed by atoms with Crippen LogP contribution in [0.25, 0.3) is 0 Å². The summed E-state index contributed by atoms with van der Waals surface area (Å²) in [6, 6.07) is 3.55. The highest BCUT2D eigenvalue weighted by atomic mass is 79.9. The highest BCUT2D eigenvalue weighted by Gasteiger charge is 2.08. The third kappa shape index (κ3) is 2.81. The van der Waals surface area contributed by atoms with Crippen LogP contribution >= 0.6 is 15.9 Å². The maximum absolute atomic E-state index is 5.50. The van der Waals surface area contributed by atoms with Gasteiger partial charge >= 0.3 is 0 Å². The fourth-order valence-corrected chi connectivity index (χ4v) is 1.90. The average Bonchev–Trinajstić information content (AvgIpc) is 2.82. The molecule has 0 amide bonds. The van der Waals surface area contributed by atoms with Crippen LogP contribution in [0.5, 0.6) is 11.5 Å². The van der Waals surface area contributed by atoms with E-state index >= 15 is 0 Å². The van der Waals surface area contributed by atoms with E-state index in [4.69, 9.17) is 15.2 Å². The summed E-state index contributed by atoms with van der Waals surface area (Å²) in [7, 11) is 3.14. The molecule has 0 radical (unpaired) electrons. The number of aromatic nitrogens is 4. The van der Waals surface area contributed by atoms with Crippen molar-refractivity contribution in [3.8, 4) is 11.5 Å². The maximum Gasteiger partial charge on any atom is 0.263 e. The van der Waals surface area contributed by atoms with Crippen molar-refractivity contribution in [3.63, 3.8) is 0 Å². The van der Waals surface area contributed by atoms with Gasteiger partial charge in [0.2, 0.25) is 0 Å². The third-order valence-electron chi connectivity index (χ3n) is 2.29. The Kier molecular flexibility index (Phi) is 3.95. The highest BCUT2D eigenvalue weighted by Crippen LogP contribution is 2.31. The van der Waals surface area contributed by atoms with E-state index < -0.39 is 0 Å². The summed E-state index contributed by atoms with van der Waals surface area (Å²) < 4.78 is 11.2. The van der Waals surface area contributed by atoms with Crippen molar-refractivity contribution in [2.45, 2.75) is 0 Å². The van der Waals surface area contributed by atoms with Crippen molar-refractivity contribution in [2.75, 3.05) is 20.0 Å². The second-order valence-corrected chi connectivity index (χ2v) is 4.25. The molecule has 2 rings (SSSR count). The van der Waals surface area contributed by atoms with E-state index in [9.17, 15) is 0 Å². The largest absolute Gasteiger partial charge is 0.496 e. The Balaban J connectivity index is 2.37. The Morgan fingerprint density at radius 1 is 1.32 bits per heavy atom. The summed E-state index contributed by atoms with van der Waals surface area (Å²) >= 11 is 3.39. The normalized spacial score (nSPS) is 10.9. The first-order valence-electron chi connectivity index (χ1n) is 5.15. The number of hydrogen-bond donors (Lipinski definition) is 1. The van der Waals surface area contributed by atoms with Gasteiger partial charge in [0.15, 0.2) is 0 Å². The lowest BCUT2D eigenvalue weighted by Crippen LogP contribution is -2.00. The number of methoxy groups -OCH3 is 2. The molecule has 0 aliphatic carbocycles. The van der Waals surface area contributed by atoms with Gasteiger partial charge in [0.1, 0.15) is 11.5 Å². The van der Waals surface area contributed by atoms with Crippen LogP contribution in [0.3, 0.4) is 0 Å². The molecule has 0 saturated heterocycles. The topological polar surface area (TPSA) is 100 Å². The van der Waals surface area contributed by atoms with Crippen molar-refractivity contribution >= 4 is 28.1 Å². The molecule has 0 saturated carbocycles. The first-order chi connectivity index (χ1) is 9.15. The Bertz CT molecular complexity index is 612. The molecule has 0 aliphatic rings. The van der Waals surface area contributed by atoms with Crippen molar-refractivity contribution in [1.82, 2.24) is 20.3 Å². The van der Waals surface area contributed by atoms with Gasteiger partial charge in [0.25, 0.3) is 5.95 Å². The van der Waals surface area contributed by atoms with Gasteiger partial charge in [-0.2, -0.15) is 5.10 Å². The number of hydrogen-bond acceptors (Lipinski definition) is 7. The average molecular weight is 327 g/mol. The third-order valence-corrected chi connectivity index (χ3v) is 2.91.